The molecule has 2 N–H and O–H groups in total. The van der Waals surface area contributed by atoms with Crippen LogP contribution in [0.5, 0.6) is 0 Å². The Morgan fingerprint density at radius 3 is 1.65 bits per heavy atom. The van der Waals surface area contributed by atoms with Crippen LogP contribution in [0.15, 0.2) is 0 Å². The smallest absolute Gasteiger partial charge is 0.330 e. The molecule has 17 heavy (non-hydrogen) atoms. The summed E-state index contributed by atoms with van der Waals surface area (Å²) in [6.45, 7) is 3.11. The molecule has 0 aliphatic carbocycles. The molecule has 1 unspecified atom stereocenters. The highest BCUT2D eigenvalue weighted by Crippen LogP contribution is 2.16. The van der Waals surface area contributed by atoms with Gasteiger partial charge in [0.1, 0.15) is 6.61 Å². The number of nitrogens with two attached hydrogens (primary N) is 1. The first-order chi connectivity index (χ1) is 8.27. The van der Waals surface area contributed by atoms with E-state index in [4.69, 9.17) is 10.3 Å². The zero-order chi connectivity index (χ0) is 12.8. The molecule has 0 aromatic rings. The molecule has 0 aliphatic heterocycles. The molecule has 0 spiro atoms. The van der Waals surface area contributed by atoms with Gasteiger partial charge in [0.2, 0.25) is 0 Å². The molecule has 0 saturated carbocycles. The van der Waals surface area contributed by atoms with Crippen LogP contribution in [-0.2, 0) is 9.09 Å². The molecule has 3 nitrogen and oxygen atoms in total. The zero-order valence-electron chi connectivity index (χ0n) is 11.3. The fourth-order valence-corrected chi connectivity index (χ4v) is 2.24. The average molecular weight is 262 g/mol. The van der Waals surface area contributed by atoms with Crippen molar-refractivity contribution in [1.29, 1.82) is 0 Å². The van der Waals surface area contributed by atoms with Crippen molar-refractivity contribution < 1.29 is 9.09 Å². The van der Waals surface area contributed by atoms with Crippen molar-refractivity contribution in [2.75, 3.05) is 19.8 Å². The maximum atomic E-state index is 10.6. The normalized spacial score (nSPS) is 11.8. The first-order valence-electron chi connectivity index (χ1n) is 7.01. The predicted molar refractivity (Wildman–Crippen MR) is 74.7 cm³/mol. The van der Waals surface area contributed by atoms with Crippen LogP contribution in [0.3, 0.4) is 0 Å². The molecule has 0 aromatic heterocycles. The van der Waals surface area contributed by atoms with Gasteiger partial charge in [0.25, 0.3) is 0 Å². The van der Waals surface area contributed by atoms with Crippen LogP contribution in [0, 0.1) is 0 Å². The molecule has 0 amide bonds. The second kappa shape index (κ2) is 14.1. The SMILES string of the molecule is C[P+](=O)OCCCCCCCCCCCCN. The van der Waals surface area contributed by atoms with Gasteiger partial charge in [-0.15, -0.1) is 4.52 Å². The van der Waals surface area contributed by atoms with Gasteiger partial charge in [-0.05, 0) is 24.0 Å². The van der Waals surface area contributed by atoms with E-state index in [0.29, 0.717) is 6.61 Å². The van der Waals surface area contributed by atoms with Crippen molar-refractivity contribution in [2.45, 2.75) is 64.2 Å². The second-order valence-electron chi connectivity index (χ2n) is 4.60. The van der Waals surface area contributed by atoms with Crippen molar-refractivity contribution in [3.05, 3.63) is 0 Å². The van der Waals surface area contributed by atoms with Gasteiger partial charge in [-0.2, -0.15) is 0 Å². The van der Waals surface area contributed by atoms with E-state index in [-0.39, 0.29) is 0 Å². The maximum absolute atomic E-state index is 10.6. The minimum atomic E-state index is -1.40. The van der Waals surface area contributed by atoms with Crippen LogP contribution >= 0.6 is 8.03 Å². The van der Waals surface area contributed by atoms with Crippen LogP contribution in [0.4, 0.5) is 0 Å². The fraction of sp³-hybridized carbons (Fsp3) is 1.00. The van der Waals surface area contributed by atoms with Crippen molar-refractivity contribution in [2.24, 2.45) is 5.73 Å². The Labute approximate surface area is 107 Å². The van der Waals surface area contributed by atoms with Crippen LogP contribution in [0.1, 0.15) is 64.2 Å². The molecule has 0 aromatic carbocycles. The van der Waals surface area contributed by atoms with E-state index in [1.54, 1.807) is 6.66 Å². The van der Waals surface area contributed by atoms with Gasteiger partial charge in [0, 0.05) is 0 Å². The standard InChI is InChI=1S/C13H29NO2P/c1-17(15)16-13-11-9-7-5-3-2-4-6-8-10-12-14/h2-14H2,1H3/q+1. The van der Waals surface area contributed by atoms with Gasteiger partial charge in [0.05, 0.1) is 0 Å². The van der Waals surface area contributed by atoms with Crippen molar-refractivity contribution >= 4 is 8.03 Å². The second-order valence-corrected chi connectivity index (χ2v) is 5.73. The maximum Gasteiger partial charge on any atom is 0.504 e. The molecule has 1 atom stereocenters. The summed E-state index contributed by atoms with van der Waals surface area (Å²) in [5.41, 5.74) is 5.44. The Bertz CT molecular complexity index is 177. The highest BCUT2D eigenvalue weighted by Gasteiger charge is 2.04. The van der Waals surface area contributed by atoms with E-state index in [0.717, 1.165) is 13.0 Å². The van der Waals surface area contributed by atoms with Gasteiger partial charge in [-0.25, -0.2) is 0 Å². The summed E-state index contributed by atoms with van der Waals surface area (Å²) in [7, 11) is -1.40. The van der Waals surface area contributed by atoms with E-state index in [9.17, 15) is 4.57 Å². The Morgan fingerprint density at radius 2 is 1.24 bits per heavy atom. The third-order valence-electron chi connectivity index (χ3n) is 2.87. The van der Waals surface area contributed by atoms with Crippen LogP contribution in [0.2, 0.25) is 0 Å². The van der Waals surface area contributed by atoms with Crippen molar-refractivity contribution in [3.63, 3.8) is 0 Å². The molecular weight excluding hydrogens is 233 g/mol. The van der Waals surface area contributed by atoms with Gasteiger partial charge in [0.15, 0.2) is 6.66 Å². The molecule has 0 rings (SSSR count). The molecular formula is C13H29NO2P+. The molecule has 102 valence electrons. The number of rotatable bonds is 13. The van der Waals surface area contributed by atoms with Gasteiger partial charge in [-0.1, -0.05) is 51.4 Å². The third kappa shape index (κ3) is 16.0. The van der Waals surface area contributed by atoms with E-state index < -0.39 is 8.03 Å². The van der Waals surface area contributed by atoms with Gasteiger partial charge < -0.3 is 5.73 Å². The molecule has 0 radical (unpaired) electrons. The number of hydrogen-bond donors (Lipinski definition) is 1. The topological polar surface area (TPSA) is 52.3 Å². The van der Waals surface area contributed by atoms with Crippen molar-refractivity contribution in [1.82, 2.24) is 0 Å². The van der Waals surface area contributed by atoms with E-state index >= 15 is 0 Å². The van der Waals surface area contributed by atoms with Gasteiger partial charge in [-0.3, -0.25) is 0 Å². The van der Waals surface area contributed by atoms with Gasteiger partial charge >= 0.3 is 8.03 Å². The summed E-state index contributed by atoms with van der Waals surface area (Å²) >= 11 is 0. The molecule has 0 bridgehead atoms. The minimum Gasteiger partial charge on any atom is -0.330 e. The molecule has 0 fully saturated rings. The summed E-state index contributed by atoms with van der Waals surface area (Å²) in [5, 5.41) is 0. The van der Waals surface area contributed by atoms with Crippen molar-refractivity contribution in [3.8, 4) is 0 Å². The van der Waals surface area contributed by atoms with E-state index in [1.807, 2.05) is 0 Å². The molecule has 0 saturated heterocycles. The zero-order valence-corrected chi connectivity index (χ0v) is 12.2. The summed E-state index contributed by atoms with van der Waals surface area (Å²) in [5.74, 6) is 0. The third-order valence-corrected chi connectivity index (χ3v) is 3.42. The Morgan fingerprint density at radius 1 is 0.824 bits per heavy atom. The minimum absolute atomic E-state index is 0.658. The van der Waals surface area contributed by atoms with Crippen LogP contribution in [0.25, 0.3) is 0 Å². The lowest BCUT2D eigenvalue weighted by Gasteiger charge is -2.01. The largest absolute Gasteiger partial charge is 0.504 e. The van der Waals surface area contributed by atoms with Crippen LogP contribution in [-0.4, -0.2) is 19.8 Å². The first-order valence-corrected chi connectivity index (χ1v) is 8.63. The summed E-state index contributed by atoms with van der Waals surface area (Å²) in [6.07, 6.45) is 12.8. The average Bonchev–Trinajstić information content (AvgIpc) is 2.30. The Kier molecular flexibility index (Phi) is 14.1. The quantitative estimate of drug-likeness (QED) is 0.399. The van der Waals surface area contributed by atoms with E-state index in [1.165, 1.54) is 57.8 Å². The molecule has 0 aliphatic rings. The number of unbranched alkanes of at least 4 members (excludes halogenated alkanes) is 9. The lowest BCUT2D eigenvalue weighted by atomic mass is 10.1. The molecule has 4 heteroatoms. The number of hydrogen-bond acceptors (Lipinski definition) is 3. The highest BCUT2D eigenvalue weighted by molar-refractivity contribution is 7.38. The summed E-state index contributed by atoms with van der Waals surface area (Å²) < 4.78 is 15.7. The predicted octanol–water partition coefficient (Wildman–Crippen LogP) is 4.23. The molecule has 0 heterocycles. The lowest BCUT2D eigenvalue weighted by Crippen LogP contribution is -1.97. The van der Waals surface area contributed by atoms with E-state index in [2.05, 4.69) is 0 Å². The summed E-state index contributed by atoms with van der Waals surface area (Å²) in [6, 6.07) is 0. The van der Waals surface area contributed by atoms with Crippen LogP contribution < -0.4 is 5.73 Å². The Balaban J connectivity index is 2.91. The fourth-order valence-electron chi connectivity index (χ4n) is 1.85. The monoisotopic (exact) mass is 262 g/mol. The lowest BCUT2D eigenvalue weighted by molar-refractivity contribution is 0.318. The highest BCUT2D eigenvalue weighted by atomic mass is 31.1. The summed E-state index contributed by atoms with van der Waals surface area (Å²) in [4.78, 5) is 0. The first kappa shape index (κ1) is 17.0. The Hall–Kier alpha value is 0.0200.